The fourth-order valence-electron chi connectivity index (χ4n) is 2.59. The van der Waals surface area contributed by atoms with Gasteiger partial charge in [-0.2, -0.15) is 0 Å². The highest BCUT2D eigenvalue weighted by molar-refractivity contribution is 5.92. The topological polar surface area (TPSA) is 156 Å². The fourth-order valence-corrected chi connectivity index (χ4v) is 2.59. The predicted molar refractivity (Wildman–Crippen MR) is 85.5 cm³/mol. The third-order valence-electron chi connectivity index (χ3n) is 4.14. The van der Waals surface area contributed by atoms with E-state index in [1.54, 1.807) is 0 Å². The summed E-state index contributed by atoms with van der Waals surface area (Å²) < 4.78 is 0. The van der Waals surface area contributed by atoms with Gasteiger partial charge in [0.2, 0.25) is 17.7 Å². The van der Waals surface area contributed by atoms with E-state index in [-0.39, 0.29) is 24.7 Å². The largest absolute Gasteiger partial charge is 0.480 e. The van der Waals surface area contributed by atoms with E-state index in [9.17, 15) is 19.2 Å². The van der Waals surface area contributed by atoms with Crippen molar-refractivity contribution in [3.63, 3.8) is 0 Å². The first-order valence-corrected chi connectivity index (χ1v) is 8.02. The van der Waals surface area contributed by atoms with Crippen molar-refractivity contribution in [2.45, 2.75) is 57.7 Å². The molecule has 24 heavy (non-hydrogen) atoms. The highest BCUT2D eigenvalue weighted by Gasteiger charge is 2.38. The molecule has 0 bridgehead atoms. The van der Waals surface area contributed by atoms with Crippen molar-refractivity contribution in [2.24, 2.45) is 17.4 Å². The molecule has 3 atom stereocenters. The van der Waals surface area contributed by atoms with Crippen LogP contribution in [0.2, 0.25) is 0 Å². The number of nitrogens with zero attached hydrogens (tertiary/aromatic N) is 1. The van der Waals surface area contributed by atoms with Gasteiger partial charge in [-0.25, -0.2) is 4.79 Å². The summed E-state index contributed by atoms with van der Waals surface area (Å²) in [4.78, 5) is 48.2. The van der Waals surface area contributed by atoms with Gasteiger partial charge in [-0.05, 0) is 25.2 Å². The molecule has 136 valence electrons. The minimum absolute atomic E-state index is 0.0656. The van der Waals surface area contributed by atoms with Crippen molar-refractivity contribution < 1.29 is 24.3 Å². The number of carboxylic acid groups (broad SMARTS) is 1. The Kier molecular flexibility index (Phi) is 7.15. The number of carbonyl (C=O) groups is 4. The Morgan fingerprint density at radius 3 is 2.42 bits per heavy atom. The van der Waals surface area contributed by atoms with Gasteiger partial charge in [-0.3, -0.25) is 14.4 Å². The van der Waals surface area contributed by atoms with E-state index in [0.29, 0.717) is 19.4 Å². The van der Waals surface area contributed by atoms with Gasteiger partial charge in [0.05, 0.1) is 6.04 Å². The third-order valence-corrected chi connectivity index (χ3v) is 4.14. The van der Waals surface area contributed by atoms with Crippen LogP contribution in [0.3, 0.4) is 0 Å². The highest BCUT2D eigenvalue weighted by Crippen LogP contribution is 2.20. The van der Waals surface area contributed by atoms with Crippen LogP contribution in [0.5, 0.6) is 0 Å². The molecule has 0 unspecified atom stereocenters. The highest BCUT2D eigenvalue weighted by atomic mass is 16.4. The summed E-state index contributed by atoms with van der Waals surface area (Å²) >= 11 is 0. The molecule has 6 N–H and O–H groups in total. The number of hydrogen-bond donors (Lipinski definition) is 4. The number of rotatable bonds is 8. The molecule has 1 aliphatic heterocycles. The molecule has 0 saturated carbocycles. The molecule has 1 aliphatic rings. The summed E-state index contributed by atoms with van der Waals surface area (Å²) in [6, 6.07) is -2.66. The van der Waals surface area contributed by atoms with Crippen LogP contribution in [0.4, 0.5) is 0 Å². The summed E-state index contributed by atoms with van der Waals surface area (Å²) in [5.74, 6) is -2.82. The van der Waals surface area contributed by atoms with Crippen molar-refractivity contribution >= 4 is 23.7 Å². The number of nitrogens with two attached hydrogens (primary N) is 2. The standard InChI is InChI=1S/C15H26N4O5/c1-8(2)12(17)14(22)19-7-3-4-10(19)13(21)18-9(15(23)24)5-6-11(16)20/h8-10,12H,3-7,17H2,1-2H3,(H2,16,20)(H,18,21)(H,23,24)/t9-,10-,12-/m0/s1. The first kappa shape index (κ1) is 19.9. The molecule has 1 saturated heterocycles. The number of primary amides is 1. The zero-order valence-electron chi connectivity index (χ0n) is 14.0. The summed E-state index contributed by atoms with van der Waals surface area (Å²) in [7, 11) is 0. The van der Waals surface area contributed by atoms with Crippen LogP contribution in [0, 0.1) is 5.92 Å². The molecule has 0 aromatic heterocycles. The zero-order chi connectivity index (χ0) is 18.4. The van der Waals surface area contributed by atoms with Gasteiger partial charge in [0.25, 0.3) is 0 Å². The average Bonchev–Trinajstić information content (AvgIpc) is 2.98. The van der Waals surface area contributed by atoms with Gasteiger partial charge >= 0.3 is 5.97 Å². The molecule has 3 amide bonds. The van der Waals surface area contributed by atoms with Crippen LogP contribution in [0.25, 0.3) is 0 Å². The number of carbonyl (C=O) groups excluding carboxylic acids is 3. The van der Waals surface area contributed by atoms with E-state index in [1.165, 1.54) is 4.90 Å². The van der Waals surface area contributed by atoms with Gasteiger partial charge in [0.15, 0.2) is 0 Å². The maximum atomic E-state index is 12.4. The first-order chi connectivity index (χ1) is 11.1. The van der Waals surface area contributed by atoms with Crippen LogP contribution >= 0.6 is 0 Å². The van der Waals surface area contributed by atoms with E-state index < -0.39 is 35.9 Å². The smallest absolute Gasteiger partial charge is 0.326 e. The number of nitrogens with one attached hydrogen (secondary N) is 1. The van der Waals surface area contributed by atoms with E-state index >= 15 is 0 Å². The number of hydrogen-bond acceptors (Lipinski definition) is 5. The number of aliphatic carboxylic acids is 1. The molecule has 0 aromatic carbocycles. The predicted octanol–water partition coefficient (Wildman–Crippen LogP) is -1.20. The van der Waals surface area contributed by atoms with Gasteiger partial charge in [-0.15, -0.1) is 0 Å². The van der Waals surface area contributed by atoms with E-state index in [1.807, 2.05) is 13.8 Å². The molecule has 9 heteroatoms. The van der Waals surface area contributed by atoms with Crippen molar-refractivity contribution in [3.8, 4) is 0 Å². The molecule has 0 radical (unpaired) electrons. The Labute approximate surface area is 140 Å². The number of amides is 3. The van der Waals surface area contributed by atoms with Crippen LogP contribution in [0.15, 0.2) is 0 Å². The van der Waals surface area contributed by atoms with Gasteiger partial charge in [0, 0.05) is 13.0 Å². The Morgan fingerprint density at radius 2 is 1.92 bits per heavy atom. The summed E-state index contributed by atoms with van der Waals surface area (Å²) in [6.45, 7) is 4.05. The summed E-state index contributed by atoms with van der Waals surface area (Å²) in [6.07, 6.45) is 0.851. The van der Waals surface area contributed by atoms with E-state index in [0.717, 1.165) is 0 Å². The lowest BCUT2D eigenvalue weighted by Gasteiger charge is -2.28. The van der Waals surface area contributed by atoms with Crippen LogP contribution in [-0.2, 0) is 19.2 Å². The average molecular weight is 342 g/mol. The third kappa shape index (κ3) is 5.19. The van der Waals surface area contributed by atoms with Crippen LogP contribution in [0.1, 0.15) is 39.5 Å². The minimum atomic E-state index is -1.25. The van der Waals surface area contributed by atoms with Gasteiger partial charge < -0.3 is 26.8 Å². The second kappa shape index (κ2) is 8.62. The lowest BCUT2D eigenvalue weighted by atomic mass is 10.0. The van der Waals surface area contributed by atoms with Crippen molar-refractivity contribution in [1.82, 2.24) is 10.2 Å². The second-order valence-electron chi connectivity index (χ2n) is 6.36. The molecule has 9 nitrogen and oxygen atoms in total. The summed E-state index contributed by atoms with van der Waals surface area (Å²) in [5.41, 5.74) is 10.9. The van der Waals surface area contributed by atoms with Gasteiger partial charge in [0.1, 0.15) is 12.1 Å². The molecule has 1 rings (SSSR count). The molecular weight excluding hydrogens is 316 g/mol. The van der Waals surface area contributed by atoms with Crippen LogP contribution < -0.4 is 16.8 Å². The maximum Gasteiger partial charge on any atom is 0.326 e. The van der Waals surface area contributed by atoms with E-state index in [2.05, 4.69) is 5.32 Å². The van der Waals surface area contributed by atoms with Gasteiger partial charge in [-0.1, -0.05) is 13.8 Å². The van der Waals surface area contributed by atoms with Crippen LogP contribution in [-0.4, -0.2) is 58.4 Å². The monoisotopic (exact) mass is 342 g/mol. The number of carboxylic acids is 1. The molecule has 0 spiro atoms. The fraction of sp³-hybridized carbons (Fsp3) is 0.733. The zero-order valence-corrected chi connectivity index (χ0v) is 14.0. The SMILES string of the molecule is CC(C)[C@H](N)C(=O)N1CCC[C@H]1C(=O)N[C@@H](CCC(N)=O)C(=O)O. The van der Waals surface area contributed by atoms with Crippen molar-refractivity contribution in [1.29, 1.82) is 0 Å². The Balaban J connectivity index is 2.75. The molecular formula is C15H26N4O5. The molecule has 1 fully saturated rings. The quantitative estimate of drug-likeness (QED) is 0.434. The number of likely N-dealkylation sites (tertiary alicyclic amines) is 1. The molecule has 0 aromatic rings. The normalized spacial score (nSPS) is 19.8. The summed E-state index contributed by atoms with van der Waals surface area (Å²) in [5, 5.41) is 11.5. The van der Waals surface area contributed by atoms with E-state index in [4.69, 9.17) is 16.6 Å². The Hall–Kier alpha value is -2.16. The van der Waals surface area contributed by atoms with Crippen molar-refractivity contribution in [3.05, 3.63) is 0 Å². The lowest BCUT2D eigenvalue weighted by molar-refractivity contribution is -0.144. The molecule has 0 aliphatic carbocycles. The second-order valence-corrected chi connectivity index (χ2v) is 6.36. The Morgan fingerprint density at radius 1 is 1.29 bits per heavy atom. The van der Waals surface area contributed by atoms with Crippen molar-refractivity contribution in [2.75, 3.05) is 6.54 Å². The maximum absolute atomic E-state index is 12.4. The minimum Gasteiger partial charge on any atom is -0.480 e. The Bertz CT molecular complexity index is 508. The molecule has 1 heterocycles. The lowest BCUT2D eigenvalue weighted by Crippen LogP contribution is -2.54. The first-order valence-electron chi connectivity index (χ1n) is 8.02.